The van der Waals surface area contributed by atoms with E-state index in [0.29, 0.717) is 5.69 Å². The van der Waals surface area contributed by atoms with Gasteiger partial charge in [-0.15, -0.1) is 0 Å². The monoisotopic (exact) mass is 298 g/mol. The molecule has 23 heavy (non-hydrogen) atoms. The molecule has 4 heteroatoms. The fraction of sp³-hybridized carbons (Fsp3) is 0.105. The van der Waals surface area contributed by atoms with E-state index < -0.39 is 0 Å². The zero-order chi connectivity index (χ0) is 15.6. The molecule has 3 aromatic rings. The van der Waals surface area contributed by atoms with Crippen molar-refractivity contribution in [3.63, 3.8) is 0 Å². The van der Waals surface area contributed by atoms with Gasteiger partial charge < -0.3 is 0 Å². The maximum atomic E-state index is 9.15. The molecule has 0 bridgehead atoms. The fourth-order valence-corrected chi connectivity index (χ4v) is 2.95. The Bertz CT molecular complexity index is 902. The lowest BCUT2D eigenvalue weighted by Crippen LogP contribution is -2.21. The zero-order valence-corrected chi connectivity index (χ0v) is 12.4. The molecule has 1 atom stereocenters. The second-order valence-corrected chi connectivity index (χ2v) is 5.50. The second kappa shape index (κ2) is 5.54. The maximum Gasteiger partial charge on any atom is 0.164 e. The Morgan fingerprint density at radius 3 is 2.39 bits per heavy atom. The van der Waals surface area contributed by atoms with Crippen molar-refractivity contribution in [2.24, 2.45) is 4.99 Å². The number of nitriles is 1. The van der Waals surface area contributed by atoms with Crippen LogP contribution in [0, 0.1) is 11.3 Å². The smallest absolute Gasteiger partial charge is 0.164 e. The van der Waals surface area contributed by atoms with Gasteiger partial charge in [0.1, 0.15) is 6.07 Å². The molecule has 0 fully saturated rings. The number of hydrogen-bond acceptors (Lipinski definition) is 3. The topological polar surface area (TPSA) is 54.0 Å². The van der Waals surface area contributed by atoms with Crippen molar-refractivity contribution in [3.8, 4) is 6.07 Å². The van der Waals surface area contributed by atoms with Gasteiger partial charge in [-0.1, -0.05) is 60.7 Å². The van der Waals surface area contributed by atoms with E-state index in [9.17, 15) is 0 Å². The van der Waals surface area contributed by atoms with Gasteiger partial charge in [-0.25, -0.2) is 9.67 Å². The summed E-state index contributed by atoms with van der Waals surface area (Å²) in [7, 11) is 0. The Morgan fingerprint density at radius 1 is 1.00 bits per heavy atom. The molecule has 0 N–H and O–H groups in total. The van der Waals surface area contributed by atoms with Crippen molar-refractivity contribution >= 4 is 11.5 Å². The molecule has 1 unspecified atom stereocenters. The minimum absolute atomic E-state index is 0.0565. The number of rotatable bonds is 2. The molecule has 2 heterocycles. The van der Waals surface area contributed by atoms with Gasteiger partial charge in [-0.05, 0) is 11.1 Å². The Hall–Kier alpha value is -3.19. The number of nitrogens with zero attached hydrogens (tertiary/aromatic N) is 4. The van der Waals surface area contributed by atoms with Crippen molar-refractivity contribution < 1.29 is 0 Å². The quantitative estimate of drug-likeness (QED) is 0.721. The van der Waals surface area contributed by atoms with E-state index in [0.717, 1.165) is 23.5 Å². The number of aromatic nitrogens is 2. The van der Waals surface area contributed by atoms with Gasteiger partial charge in [0, 0.05) is 12.5 Å². The molecular weight excluding hydrogens is 284 g/mol. The van der Waals surface area contributed by atoms with Crippen LogP contribution in [0.2, 0.25) is 0 Å². The number of hydrogen-bond donors (Lipinski definition) is 0. The highest BCUT2D eigenvalue weighted by Gasteiger charge is 2.26. The standard InChI is InChI=1S/C19H14N4/c20-13-16-11-19-21-17(14-7-3-1-4-8-14)12-18(23(19)22-16)15-9-5-2-6-10-15/h1-11,18H,12H2. The molecule has 0 saturated carbocycles. The van der Waals surface area contributed by atoms with Gasteiger partial charge in [0.2, 0.25) is 0 Å². The SMILES string of the molecule is N#Cc1cc2n(n1)C(c1ccccc1)CC(c1ccccc1)=N2. The van der Waals surface area contributed by atoms with E-state index in [-0.39, 0.29) is 6.04 Å². The normalized spacial score (nSPS) is 16.3. The predicted octanol–water partition coefficient (Wildman–Crippen LogP) is 3.87. The third kappa shape index (κ3) is 2.43. The molecule has 1 aliphatic rings. The summed E-state index contributed by atoms with van der Waals surface area (Å²) in [5, 5.41) is 13.6. The van der Waals surface area contributed by atoms with Crippen LogP contribution in [0.25, 0.3) is 0 Å². The number of fused-ring (bicyclic) bond motifs is 1. The summed E-state index contributed by atoms with van der Waals surface area (Å²) in [6.45, 7) is 0. The van der Waals surface area contributed by atoms with E-state index in [1.54, 1.807) is 6.07 Å². The molecule has 0 spiro atoms. The highest BCUT2D eigenvalue weighted by molar-refractivity contribution is 6.03. The first-order valence-corrected chi connectivity index (χ1v) is 7.53. The van der Waals surface area contributed by atoms with Crippen LogP contribution in [0.1, 0.15) is 29.3 Å². The second-order valence-electron chi connectivity index (χ2n) is 5.50. The van der Waals surface area contributed by atoms with Gasteiger partial charge in [-0.3, -0.25) is 0 Å². The van der Waals surface area contributed by atoms with E-state index in [1.807, 2.05) is 41.1 Å². The average molecular weight is 298 g/mol. The predicted molar refractivity (Wildman–Crippen MR) is 88.8 cm³/mol. The third-order valence-corrected chi connectivity index (χ3v) is 4.05. The zero-order valence-electron chi connectivity index (χ0n) is 12.4. The van der Waals surface area contributed by atoms with Gasteiger partial charge in [0.05, 0.1) is 11.8 Å². The highest BCUT2D eigenvalue weighted by Crippen LogP contribution is 2.33. The molecule has 1 aliphatic heterocycles. The van der Waals surface area contributed by atoms with Crippen LogP contribution < -0.4 is 0 Å². The largest absolute Gasteiger partial charge is 0.238 e. The molecule has 0 amide bonds. The Kier molecular flexibility index (Phi) is 3.25. The summed E-state index contributed by atoms with van der Waals surface area (Å²) in [6.07, 6.45) is 0.758. The Labute approximate surface area is 134 Å². The van der Waals surface area contributed by atoms with E-state index in [4.69, 9.17) is 10.3 Å². The van der Waals surface area contributed by atoms with Crippen LogP contribution in [0.3, 0.4) is 0 Å². The lowest BCUT2D eigenvalue weighted by molar-refractivity contribution is 0.531. The van der Waals surface area contributed by atoms with Gasteiger partial charge in [0.15, 0.2) is 11.5 Å². The van der Waals surface area contributed by atoms with E-state index in [2.05, 4.69) is 35.4 Å². The first-order chi connectivity index (χ1) is 11.3. The van der Waals surface area contributed by atoms with Gasteiger partial charge in [0.25, 0.3) is 0 Å². The molecule has 4 nitrogen and oxygen atoms in total. The number of aliphatic imine (C=N–C) groups is 1. The fourth-order valence-electron chi connectivity index (χ4n) is 2.95. The summed E-state index contributed by atoms with van der Waals surface area (Å²) >= 11 is 0. The summed E-state index contributed by atoms with van der Waals surface area (Å²) in [4.78, 5) is 4.73. The first-order valence-electron chi connectivity index (χ1n) is 7.53. The molecule has 4 rings (SSSR count). The van der Waals surface area contributed by atoms with E-state index >= 15 is 0 Å². The number of benzene rings is 2. The summed E-state index contributed by atoms with van der Waals surface area (Å²) in [5.74, 6) is 0.737. The molecule has 0 radical (unpaired) electrons. The molecule has 0 aliphatic carbocycles. The van der Waals surface area contributed by atoms with Crippen LogP contribution in [-0.4, -0.2) is 15.5 Å². The van der Waals surface area contributed by atoms with E-state index in [1.165, 1.54) is 5.56 Å². The van der Waals surface area contributed by atoms with Crippen molar-refractivity contribution in [3.05, 3.63) is 83.6 Å². The first kappa shape index (κ1) is 13.5. The van der Waals surface area contributed by atoms with Crippen molar-refractivity contribution in [1.29, 1.82) is 5.26 Å². The van der Waals surface area contributed by atoms with Crippen LogP contribution in [0.5, 0.6) is 0 Å². The lowest BCUT2D eigenvalue weighted by Gasteiger charge is -2.24. The maximum absolute atomic E-state index is 9.15. The summed E-state index contributed by atoms with van der Waals surface area (Å²) in [5.41, 5.74) is 3.71. The van der Waals surface area contributed by atoms with Crippen molar-refractivity contribution in [2.45, 2.75) is 12.5 Å². The highest BCUT2D eigenvalue weighted by atomic mass is 15.3. The molecule has 0 saturated heterocycles. The van der Waals surface area contributed by atoms with Crippen LogP contribution in [0.4, 0.5) is 5.82 Å². The van der Waals surface area contributed by atoms with Crippen molar-refractivity contribution in [2.75, 3.05) is 0 Å². The molecule has 110 valence electrons. The molecule has 1 aromatic heterocycles. The average Bonchev–Trinajstić information content (AvgIpc) is 3.05. The summed E-state index contributed by atoms with van der Waals surface area (Å²) < 4.78 is 1.86. The van der Waals surface area contributed by atoms with Crippen LogP contribution >= 0.6 is 0 Å². The lowest BCUT2D eigenvalue weighted by atomic mass is 9.96. The van der Waals surface area contributed by atoms with Crippen LogP contribution in [0.15, 0.2) is 71.7 Å². The van der Waals surface area contributed by atoms with Crippen molar-refractivity contribution in [1.82, 2.24) is 9.78 Å². The Morgan fingerprint density at radius 2 is 1.70 bits per heavy atom. The summed E-state index contributed by atoms with van der Waals surface area (Å²) in [6, 6.07) is 24.3. The molecule has 2 aromatic carbocycles. The van der Waals surface area contributed by atoms with Crippen LogP contribution in [-0.2, 0) is 0 Å². The minimum Gasteiger partial charge on any atom is -0.238 e. The minimum atomic E-state index is 0.0565. The van der Waals surface area contributed by atoms with Gasteiger partial charge in [-0.2, -0.15) is 10.4 Å². The molecular formula is C19H14N4. The van der Waals surface area contributed by atoms with Gasteiger partial charge >= 0.3 is 0 Å². The Balaban J connectivity index is 1.85. The third-order valence-electron chi connectivity index (χ3n) is 4.05.